The number of thioether (sulfide) groups is 1. The van der Waals surface area contributed by atoms with Gasteiger partial charge in [-0.25, -0.2) is 8.42 Å². The van der Waals surface area contributed by atoms with Gasteiger partial charge in [0.2, 0.25) is 5.91 Å². The summed E-state index contributed by atoms with van der Waals surface area (Å²) in [5, 5.41) is 1.17. The van der Waals surface area contributed by atoms with Crippen LogP contribution in [0.2, 0.25) is 0 Å². The number of carbonyl (C=O) groups excluding carboxylic acids is 1. The highest BCUT2D eigenvalue weighted by molar-refractivity contribution is 7.98. The van der Waals surface area contributed by atoms with Gasteiger partial charge >= 0.3 is 0 Å². The van der Waals surface area contributed by atoms with Crippen LogP contribution in [0, 0.1) is 0 Å². The third-order valence-corrected chi connectivity index (χ3v) is 6.75. The Kier molecular flexibility index (Phi) is 6.28. The average molecular weight is 329 g/mol. The Morgan fingerprint density at radius 2 is 1.62 bits per heavy atom. The van der Waals surface area contributed by atoms with E-state index in [9.17, 15) is 13.2 Å². The number of hydrogen-bond acceptors (Lipinski definition) is 4. The van der Waals surface area contributed by atoms with Crippen LogP contribution in [0.4, 0.5) is 0 Å². The fraction of sp³-hybridized carbons (Fsp3) is 0.533. The minimum absolute atomic E-state index is 0.224. The van der Waals surface area contributed by atoms with Crippen LogP contribution in [-0.4, -0.2) is 31.1 Å². The van der Waals surface area contributed by atoms with Gasteiger partial charge in [-0.15, -0.1) is 11.8 Å². The van der Waals surface area contributed by atoms with Gasteiger partial charge in [0.15, 0.2) is 9.84 Å². The maximum Gasteiger partial charge on any atom is 0.238 e. The quantitative estimate of drug-likeness (QED) is 0.815. The van der Waals surface area contributed by atoms with Crippen LogP contribution in [0.15, 0.2) is 29.2 Å². The van der Waals surface area contributed by atoms with Gasteiger partial charge < -0.3 is 5.32 Å². The molecule has 0 bridgehead atoms. The molecule has 118 valence electrons. The van der Waals surface area contributed by atoms with Gasteiger partial charge in [-0.2, -0.15) is 0 Å². The lowest BCUT2D eigenvalue weighted by Crippen LogP contribution is -2.41. The van der Waals surface area contributed by atoms with Crippen molar-refractivity contribution in [2.75, 3.05) is 6.26 Å². The van der Waals surface area contributed by atoms with E-state index < -0.39 is 26.2 Å². The number of nitrogens with one attached hydrogen (secondary N) is 1. The first kappa shape index (κ1) is 18.0. The van der Waals surface area contributed by atoms with E-state index in [1.165, 1.54) is 6.92 Å². The summed E-state index contributed by atoms with van der Waals surface area (Å²) in [6.07, 6.45) is 2.00. The first-order chi connectivity index (χ1) is 9.70. The molecule has 0 saturated heterocycles. The molecule has 0 saturated carbocycles. The third kappa shape index (κ3) is 4.48. The molecule has 4 nitrogen and oxygen atoms in total. The van der Waals surface area contributed by atoms with E-state index in [1.54, 1.807) is 25.6 Å². The Hall–Kier alpha value is -1.01. The zero-order valence-corrected chi connectivity index (χ0v) is 14.7. The number of sulfone groups is 1. The van der Waals surface area contributed by atoms with Crippen molar-refractivity contribution < 1.29 is 13.2 Å². The fourth-order valence-electron chi connectivity index (χ4n) is 1.86. The van der Waals surface area contributed by atoms with Crippen LogP contribution >= 0.6 is 11.8 Å². The molecule has 1 N–H and O–H groups in total. The van der Waals surface area contributed by atoms with Crippen molar-refractivity contribution in [3.8, 4) is 0 Å². The molecular weight excluding hydrogens is 306 g/mol. The predicted molar refractivity (Wildman–Crippen MR) is 88.3 cm³/mol. The third-order valence-electron chi connectivity index (χ3n) is 3.49. The minimum atomic E-state index is -3.43. The Balaban J connectivity index is 2.78. The zero-order chi connectivity index (χ0) is 16.2. The van der Waals surface area contributed by atoms with Crippen molar-refractivity contribution in [1.29, 1.82) is 0 Å². The van der Waals surface area contributed by atoms with Crippen molar-refractivity contribution in [2.45, 2.75) is 49.1 Å². The largest absolute Gasteiger partial charge is 0.348 e. The van der Waals surface area contributed by atoms with Crippen molar-refractivity contribution in [3.63, 3.8) is 0 Å². The Labute approximate surface area is 131 Å². The molecule has 0 fully saturated rings. The highest BCUT2D eigenvalue weighted by Gasteiger charge is 2.31. The van der Waals surface area contributed by atoms with Crippen molar-refractivity contribution >= 4 is 27.5 Å². The molecule has 0 aliphatic rings. The molecular formula is C15H23NO3S2. The van der Waals surface area contributed by atoms with E-state index in [1.807, 2.05) is 37.4 Å². The summed E-state index contributed by atoms with van der Waals surface area (Å²) in [5.74, 6) is -0.454. The SMILES string of the molecule is CSc1ccc(C(C)NC(=O)C(C)S(=O)(=O)C(C)C)cc1. The minimum Gasteiger partial charge on any atom is -0.348 e. The number of hydrogen-bond donors (Lipinski definition) is 1. The second kappa shape index (κ2) is 7.31. The van der Waals surface area contributed by atoms with Gasteiger partial charge in [0.25, 0.3) is 0 Å². The summed E-state index contributed by atoms with van der Waals surface area (Å²) in [7, 11) is -3.43. The molecule has 0 spiro atoms. The van der Waals surface area contributed by atoms with Gasteiger partial charge in [-0.05, 0) is 51.6 Å². The van der Waals surface area contributed by atoms with Crippen LogP contribution in [0.3, 0.4) is 0 Å². The van der Waals surface area contributed by atoms with Crippen LogP contribution in [0.5, 0.6) is 0 Å². The lowest BCUT2D eigenvalue weighted by atomic mass is 10.1. The van der Waals surface area contributed by atoms with Crippen LogP contribution in [0.1, 0.15) is 39.3 Å². The topological polar surface area (TPSA) is 63.2 Å². The molecule has 21 heavy (non-hydrogen) atoms. The Morgan fingerprint density at radius 3 is 2.05 bits per heavy atom. The second-order valence-corrected chi connectivity index (χ2v) is 8.99. The van der Waals surface area contributed by atoms with E-state index in [4.69, 9.17) is 0 Å². The number of carbonyl (C=O) groups is 1. The summed E-state index contributed by atoms with van der Waals surface area (Å²) >= 11 is 1.65. The molecule has 0 heterocycles. The lowest BCUT2D eigenvalue weighted by molar-refractivity contribution is -0.121. The molecule has 2 atom stereocenters. The maximum atomic E-state index is 12.1. The average Bonchev–Trinajstić information content (AvgIpc) is 2.46. The molecule has 0 aromatic heterocycles. The first-order valence-electron chi connectivity index (χ1n) is 6.87. The van der Waals surface area contributed by atoms with Crippen LogP contribution in [0.25, 0.3) is 0 Å². The lowest BCUT2D eigenvalue weighted by Gasteiger charge is -2.19. The molecule has 1 amide bonds. The summed E-state index contributed by atoms with van der Waals surface area (Å²) in [4.78, 5) is 13.3. The molecule has 0 radical (unpaired) electrons. The van der Waals surface area contributed by atoms with Crippen molar-refractivity contribution in [1.82, 2.24) is 5.32 Å². The zero-order valence-electron chi connectivity index (χ0n) is 13.1. The van der Waals surface area contributed by atoms with E-state index in [-0.39, 0.29) is 6.04 Å². The van der Waals surface area contributed by atoms with Gasteiger partial charge in [0.05, 0.1) is 11.3 Å². The highest BCUT2D eigenvalue weighted by Crippen LogP contribution is 2.19. The molecule has 0 aliphatic carbocycles. The smallest absolute Gasteiger partial charge is 0.238 e. The maximum absolute atomic E-state index is 12.1. The van der Waals surface area contributed by atoms with E-state index in [0.29, 0.717) is 0 Å². The second-order valence-electron chi connectivity index (χ2n) is 5.28. The summed E-state index contributed by atoms with van der Waals surface area (Å²) in [6.45, 7) is 6.46. The van der Waals surface area contributed by atoms with Gasteiger partial charge in [-0.3, -0.25) is 4.79 Å². The van der Waals surface area contributed by atoms with Crippen molar-refractivity contribution in [2.24, 2.45) is 0 Å². The summed E-state index contributed by atoms with van der Waals surface area (Å²) in [6, 6.07) is 7.63. The van der Waals surface area contributed by atoms with Crippen LogP contribution < -0.4 is 5.32 Å². The van der Waals surface area contributed by atoms with Crippen molar-refractivity contribution in [3.05, 3.63) is 29.8 Å². The normalized spacial score (nSPS) is 14.8. The van der Waals surface area contributed by atoms with E-state index in [2.05, 4.69) is 5.32 Å². The van der Waals surface area contributed by atoms with E-state index >= 15 is 0 Å². The first-order valence-corrected chi connectivity index (χ1v) is 9.70. The predicted octanol–water partition coefficient (Wildman–Crippen LogP) is 2.80. The fourth-order valence-corrected chi connectivity index (χ4v) is 3.46. The standard InChI is InChI=1S/C15H23NO3S2/c1-10(2)21(18,19)12(4)15(17)16-11(3)13-6-8-14(20-5)9-7-13/h6-12H,1-5H3,(H,16,17). The Morgan fingerprint density at radius 1 is 1.10 bits per heavy atom. The summed E-state index contributed by atoms with van der Waals surface area (Å²) in [5.41, 5.74) is 0.954. The molecule has 0 aliphatic heterocycles. The molecule has 1 aromatic carbocycles. The molecule has 6 heteroatoms. The van der Waals surface area contributed by atoms with E-state index in [0.717, 1.165) is 10.5 Å². The monoisotopic (exact) mass is 329 g/mol. The molecule has 1 aromatic rings. The number of rotatable bonds is 6. The number of amides is 1. The highest BCUT2D eigenvalue weighted by atomic mass is 32.2. The summed E-state index contributed by atoms with van der Waals surface area (Å²) < 4.78 is 24.0. The molecule has 2 unspecified atom stereocenters. The molecule has 1 rings (SSSR count). The Bertz CT molecular complexity index is 579. The van der Waals surface area contributed by atoms with Gasteiger partial charge in [0.1, 0.15) is 5.25 Å². The van der Waals surface area contributed by atoms with Gasteiger partial charge in [-0.1, -0.05) is 12.1 Å². The number of benzene rings is 1. The van der Waals surface area contributed by atoms with Crippen LogP contribution in [-0.2, 0) is 14.6 Å². The van der Waals surface area contributed by atoms with Gasteiger partial charge in [0, 0.05) is 4.90 Å².